The molecule has 182 valence electrons. The first-order valence-corrected chi connectivity index (χ1v) is 15.4. The molecule has 9 atom stereocenters. The van der Waals surface area contributed by atoms with E-state index in [9.17, 15) is 19.6 Å². The second kappa shape index (κ2) is 11.9. The second-order valence-electron chi connectivity index (χ2n) is 8.23. The van der Waals surface area contributed by atoms with Crippen LogP contribution in [0, 0.1) is 5.92 Å². The van der Waals surface area contributed by atoms with Gasteiger partial charge in [-0.15, -0.1) is 23.4 Å². The summed E-state index contributed by atoms with van der Waals surface area (Å²) in [4.78, 5) is 15.1. The van der Waals surface area contributed by atoms with E-state index in [4.69, 9.17) is 43.3 Å². The van der Waals surface area contributed by atoms with Gasteiger partial charge < -0.3 is 20.3 Å². The zero-order valence-corrected chi connectivity index (χ0v) is 22.0. The van der Waals surface area contributed by atoms with Crippen molar-refractivity contribution in [1.29, 1.82) is 0 Å². The van der Waals surface area contributed by atoms with Crippen LogP contribution in [0.1, 0.15) is 33.1 Å². The van der Waals surface area contributed by atoms with Gasteiger partial charge in [-0.05, 0) is 61.5 Å². The number of carbonyl (C=O) groups is 1. The van der Waals surface area contributed by atoms with E-state index in [1.54, 1.807) is 13.2 Å². The maximum absolute atomic E-state index is 13.0. The summed E-state index contributed by atoms with van der Waals surface area (Å²) in [6.45, 7) is 4.65. The van der Waals surface area contributed by atoms with E-state index >= 15 is 0 Å². The van der Waals surface area contributed by atoms with Crippen LogP contribution < -0.4 is 5.32 Å². The van der Waals surface area contributed by atoms with Crippen LogP contribution in [0.2, 0.25) is 0 Å². The molecule has 2 fully saturated rings. The molecule has 0 aromatic rings. The largest absolute Gasteiger partial charge is 0.388 e. The fraction of sp³-hybridized carbons (Fsp3) is 0.944. The molecule has 1 amide bonds. The van der Waals surface area contributed by atoms with Crippen molar-refractivity contribution in [3.05, 3.63) is 0 Å². The van der Waals surface area contributed by atoms with E-state index in [0.29, 0.717) is 5.92 Å². The molecule has 0 spiro atoms. The highest BCUT2D eigenvalue weighted by atomic mass is 35.9. The number of likely N-dealkylation sites (tertiary alicyclic amines) is 1. The van der Waals surface area contributed by atoms with Gasteiger partial charge in [-0.1, -0.05) is 13.3 Å². The number of nitrogens with zero attached hydrogens (tertiary/aromatic N) is 1. The zero-order chi connectivity index (χ0) is 23.5. The highest BCUT2D eigenvalue weighted by Gasteiger charge is 2.51. The lowest BCUT2D eigenvalue weighted by atomic mass is 9.92. The Labute approximate surface area is 202 Å². The van der Waals surface area contributed by atoms with E-state index < -0.39 is 47.3 Å². The summed E-state index contributed by atoms with van der Waals surface area (Å²) in [6, 6.07) is -1.09. The minimum absolute atomic E-state index is 0.200. The van der Waals surface area contributed by atoms with Crippen LogP contribution in [0.25, 0.3) is 0 Å². The standard InChI is InChI=1S/C18H32Cl3N2O6PS/c1-5-6-10-7-11(23(3)8-10)17(26)22-12(9(2)19)15-13(24)14(25)16(18(28-15)31-4)29-30(20,21)27/h9-16,18,24-25H,5-8H2,1-4H3,(H,22,26)/t9-,10+,11-,12+,13+,14-,15+,16+,18+/m0/s1. The first-order chi connectivity index (χ1) is 14.4. The molecule has 2 rings (SSSR count). The molecule has 0 radical (unpaired) electrons. The number of nitrogens with one attached hydrogen (secondary N) is 1. The van der Waals surface area contributed by atoms with Gasteiger partial charge in [0.05, 0.1) is 17.5 Å². The molecule has 0 aromatic carbocycles. The van der Waals surface area contributed by atoms with Crippen molar-refractivity contribution in [2.45, 2.75) is 80.4 Å². The number of ether oxygens (including phenoxy) is 1. The predicted molar refractivity (Wildman–Crippen MR) is 125 cm³/mol. The van der Waals surface area contributed by atoms with Gasteiger partial charge in [0.2, 0.25) is 5.91 Å². The van der Waals surface area contributed by atoms with Crippen molar-refractivity contribution in [3.8, 4) is 0 Å². The molecule has 3 N–H and O–H groups in total. The van der Waals surface area contributed by atoms with Gasteiger partial charge in [0, 0.05) is 6.54 Å². The van der Waals surface area contributed by atoms with Crippen LogP contribution in [0.3, 0.4) is 0 Å². The Morgan fingerprint density at radius 2 is 2.03 bits per heavy atom. The summed E-state index contributed by atoms with van der Waals surface area (Å²) in [5.41, 5.74) is -0.841. The number of aliphatic hydroxyl groups is 2. The molecule has 0 saturated carbocycles. The molecule has 13 heteroatoms. The molecular formula is C18H32Cl3N2O6PS. The van der Waals surface area contributed by atoms with Crippen molar-refractivity contribution in [1.82, 2.24) is 10.2 Å². The van der Waals surface area contributed by atoms with Crippen molar-refractivity contribution in [2.75, 3.05) is 19.8 Å². The van der Waals surface area contributed by atoms with Crippen molar-refractivity contribution in [3.63, 3.8) is 0 Å². The third-order valence-corrected chi connectivity index (χ3v) is 7.93. The Hall–Kier alpha value is 0.720. The molecule has 2 saturated heterocycles. The summed E-state index contributed by atoms with van der Waals surface area (Å²) in [7, 11) is 1.91. The van der Waals surface area contributed by atoms with Gasteiger partial charge in [0.1, 0.15) is 29.9 Å². The fourth-order valence-corrected chi connectivity index (χ4v) is 6.43. The predicted octanol–water partition coefficient (Wildman–Crippen LogP) is 3.00. The molecule has 8 nitrogen and oxygen atoms in total. The Bertz CT molecular complexity index is 658. The Morgan fingerprint density at radius 3 is 2.55 bits per heavy atom. The number of likely N-dealkylation sites (N-methyl/N-ethyl adjacent to an activating group) is 1. The van der Waals surface area contributed by atoms with E-state index in [1.165, 1.54) is 0 Å². The maximum Gasteiger partial charge on any atom is 0.380 e. The van der Waals surface area contributed by atoms with Crippen molar-refractivity contribution >= 4 is 57.8 Å². The minimum Gasteiger partial charge on any atom is -0.388 e. The zero-order valence-electron chi connectivity index (χ0n) is 18.0. The topological polar surface area (TPSA) is 108 Å². The number of thioether (sulfide) groups is 1. The molecular weight excluding hydrogens is 510 g/mol. The SMILES string of the molecule is CCC[C@@H]1C[C@@H](C(=O)N[C@@H]([C@H]2O[C@H](SC)[C@H](OP(=O)(Cl)Cl)[C@@H](O)[C@H]2O)[C@H](C)Cl)N(C)C1. The smallest absolute Gasteiger partial charge is 0.380 e. The maximum atomic E-state index is 13.0. The fourth-order valence-electron chi connectivity index (χ4n) is 4.35. The van der Waals surface area contributed by atoms with Crippen LogP contribution in [0.15, 0.2) is 0 Å². The molecule has 0 aromatic heterocycles. The molecule has 2 aliphatic heterocycles. The highest BCUT2D eigenvalue weighted by molar-refractivity contribution is 8.05. The summed E-state index contributed by atoms with van der Waals surface area (Å²) < 4.78 is 22.7. The number of alkyl halides is 1. The van der Waals surface area contributed by atoms with Crippen LogP contribution in [-0.2, 0) is 18.6 Å². The monoisotopic (exact) mass is 540 g/mol. The quantitative estimate of drug-likeness (QED) is 0.302. The lowest BCUT2D eigenvalue weighted by molar-refractivity contribution is -0.197. The number of halogens is 3. The van der Waals surface area contributed by atoms with E-state index in [0.717, 1.165) is 37.6 Å². The molecule has 31 heavy (non-hydrogen) atoms. The van der Waals surface area contributed by atoms with Gasteiger partial charge >= 0.3 is 6.07 Å². The third-order valence-electron chi connectivity index (χ3n) is 5.85. The first kappa shape index (κ1) is 28.0. The second-order valence-corrected chi connectivity index (χ2v) is 14.1. The van der Waals surface area contributed by atoms with Crippen LogP contribution in [-0.4, -0.2) is 88.2 Å². The molecule has 0 aliphatic carbocycles. The number of hydrogen-bond acceptors (Lipinski definition) is 8. The molecule has 2 aliphatic rings. The number of rotatable bonds is 9. The number of carbonyl (C=O) groups excluding carboxylic acids is 1. The van der Waals surface area contributed by atoms with Gasteiger partial charge in [-0.2, -0.15) is 0 Å². The summed E-state index contributed by atoms with van der Waals surface area (Å²) >= 11 is 18.5. The lowest BCUT2D eigenvalue weighted by Crippen LogP contribution is -2.65. The third kappa shape index (κ3) is 7.35. The normalized spacial score (nSPS) is 36.9. The Kier molecular flexibility index (Phi) is 10.7. The summed E-state index contributed by atoms with van der Waals surface area (Å²) in [5, 5.41) is 23.6. The van der Waals surface area contributed by atoms with Crippen LogP contribution in [0.5, 0.6) is 0 Å². The first-order valence-electron chi connectivity index (χ1n) is 10.3. The average molecular weight is 542 g/mol. The molecule has 2 heterocycles. The minimum atomic E-state index is -3.99. The number of hydrogen-bond donors (Lipinski definition) is 3. The van der Waals surface area contributed by atoms with Crippen LogP contribution >= 0.6 is 51.9 Å². The van der Waals surface area contributed by atoms with Crippen molar-refractivity contribution in [2.24, 2.45) is 5.92 Å². The van der Waals surface area contributed by atoms with Gasteiger partial charge in [0.15, 0.2) is 0 Å². The van der Waals surface area contributed by atoms with E-state index in [-0.39, 0.29) is 11.9 Å². The van der Waals surface area contributed by atoms with Crippen LogP contribution in [0.4, 0.5) is 0 Å². The highest BCUT2D eigenvalue weighted by Crippen LogP contribution is 2.59. The van der Waals surface area contributed by atoms with Gasteiger partial charge in [-0.25, -0.2) is 0 Å². The van der Waals surface area contributed by atoms with Gasteiger partial charge in [-0.3, -0.25) is 18.8 Å². The summed E-state index contributed by atoms with van der Waals surface area (Å²) in [5.74, 6) is 0.255. The van der Waals surface area contributed by atoms with Crippen molar-refractivity contribution < 1.29 is 28.8 Å². The number of aliphatic hydroxyl groups excluding tert-OH is 2. The molecule has 0 unspecified atom stereocenters. The van der Waals surface area contributed by atoms with Gasteiger partial charge in [0.25, 0.3) is 0 Å². The Morgan fingerprint density at radius 1 is 1.39 bits per heavy atom. The lowest BCUT2D eigenvalue weighted by Gasteiger charge is -2.45. The average Bonchev–Trinajstić information content (AvgIpc) is 3.03. The van der Waals surface area contributed by atoms with E-state index in [2.05, 4.69) is 12.2 Å². The molecule has 0 bridgehead atoms. The number of amides is 1. The Balaban J connectivity index is 2.15. The van der Waals surface area contributed by atoms with E-state index in [1.807, 2.05) is 11.9 Å². The summed E-state index contributed by atoms with van der Waals surface area (Å²) in [6.07, 6.45) is -4.65.